The predicted octanol–water partition coefficient (Wildman–Crippen LogP) is -3.21. The number of carbonyl (C=O) groups is 1. The van der Waals surface area contributed by atoms with Gasteiger partial charge in [0.2, 0.25) is 0 Å². The molecule has 1 saturated heterocycles. The zero-order valence-corrected chi connectivity index (χ0v) is 12.2. The molecule has 11 nitrogen and oxygen atoms in total. The highest BCUT2D eigenvalue weighted by molar-refractivity contribution is 7.85. The molecular formula is C10H19NO10S. The van der Waals surface area contributed by atoms with Crippen molar-refractivity contribution in [2.75, 3.05) is 18.9 Å². The van der Waals surface area contributed by atoms with E-state index in [2.05, 4.69) is 10.1 Å². The van der Waals surface area contributed by atoms with Crippen molar-refractivity contribution >= 4 is 16.2 Å². The minimum absolute atomic E-state index is 0.0277. The van der Waals surface area contributed by atoms with Crippen LogP contribution < -0.4 is 5.32 Å². The third kappa shape index (κ3) is 6.00. The van der Waals surface area contributed by atoms with Crippen molar-refractivity contribution in [3.8, 4) is 0 Å². The summed E-state index contributed by atoms with van der Waals surface area (Å²) < 4.78 is 38.8. The van der Waals surface area contributed by atoms with Gasteiger partial charge in [0, 0.05) is 6.54 Å². The number of aliphatic hydroxyl groups is 4. The van der Waals surface area contributed by atoms with Crippen LogP contribution in [0.15, 0.2) is 0 Å². The van der Waals surface area contributed by atoms with E-state index >= 15 is 0 Å². The number of amides is 1. The maximum Gasteiger partial charge on any atom is 0.407 e. The Bertz CT molecular complexity index is 468. The lowest BCUT2D eigenvalue weighted by Gasteiger charge is -2.37. The maximum atomic E-state index is 11.3. The van der Waals surface area contributed by atoms with E-state index in [1.54, 1.807) is 0 Å². The predicted molar refractivity (Wildman–Crippen MR) is 69.3 cm³/mol. The van der Waals surface area contributed by atoms with E-state index in [4.69, 9.17) is 9.29 Å². The van der Waals surface area contributed by atoms with Crippen LogP contribution >= 0.6 is 0 Å². The van der Waals surface area contributed by atoms with Crippen molar-refractivity contribution in [2.45, 2.75) is 37.1 Å². The molecule has 1 fully saturated rings. The third-order valence-electron chi connectivity index (χ3n) is 2.91. The standard InChI is InChI=1S/C10H19NO10S/c12-6-5(21-9(15)8(14)7(6)13)4-20-10(16)11-2-1-3-22(17,18)19/h5-9,12-15H,1-4H2,(H,11,16)(H,17,18,19)/t5-,6-,7+,8-,9-/m1/s1. The van der Waals surface area contributed by atoms with E-state index in [9.17, 15) is 33.6 Å². The smallest absolute Gasteiger partial charge is 0.407 e. The summed E-state index contributed by atoms with van der Waals surface area (Å²) in [5.41, 5.74) is 0. The second kappa shape index (κ2) is 8.01. The Morgan fingerprint density at radius 3 is 2.36 bits per heavy atom. The summed E-state index contributed by atoms with van der Waals surface area (Å²) in [5.74, 6) is -0.520. The molecular weight excluding hydrogens is 326 g/mol. The van der Waals surface area contributed by atoms with Crippen LogP contribution in [-0.4, -0.2) is 89.1 Å². The van der Waals surface area contributed by atoms with Crippen LogP contribution in [0.5, 0.6) is 0 Å². The van der Waals surface area contributed by atoms with Crippen LogP contribution in [-0.2, 0) is 19.6 Å². The van der Waals surface area contributed by atoms with Crippen molar-refractivity contribution in [3.63, 3.8) is 0 Å². The largest absolute Gasteiger partial charge is 0.447 e. The van der Waals surface area contributed by atoms with E-state index in [1.807, 2.05) is 0 Å². The highest BCUT2D eigenvalue weighted by Gasteiger charge is 2.43. The molecule has 0 bridgehead atoms. The number of carbonyl (C=O) groups excluding carboxylic acids is 1. The quantitative estimate of drug-likeness (QED) is 0.211. The van der Waals surface area contributed by atoms with Crippen molar-refractivity contribution in [3.05, 3.63) is 0 Å². The van der Waals surface area contributed by atoms with Gasteiger partial charge in [-0.3, -0.25) is 4.55 Å². The molecule has 0 aromatic rings. The SMILES string of the molecule is O=C(NCCCS(=O)(=O)O)OC[C@H]1O[C@@H](O)[C@H](O)[C@@H](O)[C@@H]1O. The molecule has 12 heteroatoms. The van der Waals surface area contributed by atoms with Crippen molar-refractivity contribution in [2.24, 2.45) is 0 Å². The molecule has 0 aliphatic carbocycles. The Labute approximate surface area is 126 Å². The zero-order chi connectivity index (χ0) is 16.9. The van der Waals surface area contributed by atoms with Gasteiger partial charge in [0.05, 0.1) is 5.75 Å². The number of hydrogen-bond acceptors (Lipinski definition) is 9. The third-order valence-corrected chi connectivity index (χ3v) is 3.72. The van der Waals surface area contributed by atoms with Gasteiger partial charge in [0.1, 0.15) is 31.0 Å². The Balaban J connectivity index is 2.29. The molecule has 1 aliphatic heterocycles. The average Bonchev–Trinajstić information content (AvgIpc) is 2.43. The first-order chi connectivity index (χ1) is 10.1. The molecule has 1 rings (SSSR count). The minimum atomic E-state index is -4.10. The van der Waals surface area contributed by atoms with Gasteiger partial charge in [-0.05, 0) is 6.42 Å². The average molecular weight is 345 g/mol. The fourth-order valence-corrected chi connectivity index (χ4v) is 2.23. The fraction of sp³-hybridized carbons (Fsp3) is 0.900. The van der Waals surface area contributed by atoms with Crippen LogP contribution in [0, 0.1) is 0 Å². The fourth-order valence-electron chi connectivity index (χ4n) is 1.72. The molecule has 0 spiro atoms. The van der Waals surface area contributed by atoms with Crippen LogP contribution in [0.1, 0.15) is 6.42 Å². The second-order valence-electron chi connectivity index (χ2n) is 4.70. The van der Waals surface area contributed by atoms with Gasteiger partial charge in [-0.2, -0.15) is 8.42 Å². The van der Waals surface area contributed by atoms with E-state index in [-0.39, 0.29) is 13.0 Å². The summed E-state index contributed by atoms with van der Waals surface area (Å²) >= 11 is 0. The van der Waals surface area contributed by atoms with Crippen molar-refractivity contribution < 1.29 is 47.7 Å². The van der Waals surface area contributed by atoms with E-state index in [0.29, 0.717) is 0 Å². The Hall–Kier alpha value is -1.02. The molecule has 0 saturated carbocycles. The first kappa shape index (κ1) is 19.0. The van der Waals surface area contributed by atoms with Gasteiger partial charge in [-0.1, -0.05) is 0 Å². The highest BCUT2D eigenvalue weighted by atomic mass is 32.2. The lowest BCUT2D eigenvalue weighted by Crippen LogP contribution is -2.58. The van der Waals surface area contributed by atoms with E-state index in [0.717, 1.165) is 0 Å². The topological polar surface area (TPSA) is 183 Å². The molecule has 6 N–H and O–H groups in total. The zero-order valence-electron chi connectivity index (χ0n) is 11.4. The molecule has 130 valence electrons. The van der Waals surface area contributed by atoms with Crippen LogP contribution in [0.25, 0.3) is 0 Å². The summed E-state index contributed by atoms with van der Waals surface area (Å²) in [6, 6.07) is 0. The molecule has 0 aromatic carbocycles. The molecule has 1 heterocycles. The number of ether oxygens (including phenoxy) is 2. The normalized spacial score (nSPS) is 32.5. The number of alkyl carbamates (subject to hydrolysis) is 1. The van der Waals surface area contributed by atoms with Gasteiger partial charge in [-0.15, -0.1) is 0 Å². The maximum absolute atomic E-state index is 11.3. The Kier molecular flexibility index (Phi) is 6.93. The summed E-state index contributed by atoms with van der Waals surface area (Å²) in [5, 5.41) is 39.7. The summed E-state index contributed by atoms with van der Waals surface area (Å²) in [6.45, 7) is -0.581. The van der Waals surface area contributed by atoms with Crippen LogP contribution in [0.2, 0.25) is 0 Å². The Morgan fingerprint density at radius 1 is 1.14 bits per heavy atom. The molecule has 0 unspecified atom stereocenters. The number of nitrogens with one attached hydrogen (secondary N) is 1. The van der Waals surface area contributed by atoms with Crippen molar-refractivity contribution in [1.82, 2.24) is 5.32 Å². The molecule has 5 atom stereocenters. The molecule has 1 amide bonds. The number of hydrogen-bond donors (Lipinski definition) is 6. The van der Waals surface area contributed by atoms with Gasteiger partial charge >= 0.3 is 6.09 Å². The molecule has 1 aliphatic rings. The first-order valence-electron chi connectivity index (χ1n) is 6.35. The van der Waals surface area contributed by atoms with E-state index < -0.39 is 59.3 Å². The molecule has 0 radical (unpaired) electrons. The van der Waals surface area contributed by atoms with Gasteiger partial charge in [0.15, 0.2) is 6.29 Å². The number of rotatable bonds is 6. The minimum Gasteiger partial charge on any atom is -0.447 e. The Morgan fingerprint density at radius 2 is 1.77 bits per heavy atom. The van der Waals surface area contributed by atoms with E-state index in [1.165, 1.54) is 0 Å². The molecule has 22 heavy (non-hydrogen) atoms. The first-order valence-corrected chi connectivity index (χ1v) is 7.96. The van der Waals surface area contributed by atoms with Crippen LogP contribution in [0.4, 0.5) is 4.79 Å². The van der Waals surface area contributed by atoms with Crippen LogP contribution in [0.3, 0.4) is 0 Å². The highest BCUT2D eigenvalue weighted by Crippen LogP contribution is 2.19. The van der Waals surface area contributed by atoms with Gasteiger partial charge < -0.3 is 35.2 Å². The lowest BCUT2D eigenvalue weighted by molar-refractivity contribution is -0.286. The monoisotopic (exact) mass is 345 g/mol. The van der Waals surface area contributed by atoms with Gasteiger partial charge in [-0.25, -0.2) is 4.79 Å². The second-order valence-corrected chi connectivity index (χ2v) is 6.27. The number of aliphatic hydroxyl groups excluding tert-OH is 4. The van der Waals surface area contributed by atoms with Gasteiger partial charge in [0.25, 0.3) is 10.1 Å². The summed E-state index contributed by atoms with van der Waals surface area (Å²) in [7, 11) is -4.10. The summed E-state index contributed by atoms with van der Waals surface area (Å²) in [4.78, 5) is 11.3. The van der Waals surface area contributed by atoms with Crippen molar-refractivity contribution in [1.29, 1.82) is 0 Å². The molecule has 0 aromatic heterocycles. The summed E-state index contributed by atoms with van der Waals surface area (Å²) in [6.07, 6.45) is -8.84. The lowest BCUT2D eigenvalue weighted by atomic mass is 9.99.